The van der Waals surface area contributed by atoms with Crippen LogP contribution in [0.4, 0.5) is 0 Å². The zero-order valence-corrected chi connectivity index (χ0v) is 10.4. The number of phenolic OH excluding ortho intramolecular Hbond substituents is 1. The molecule has 0 aliphatic carbocycles. The standard InChI is InChI=1S/C13H14ClNO2/c1-9-3-2-6-15(8-9)13(17)11-5-4-10(14)7-12(11)16/h3-5,7,16H,2,6,8H2,1H3. The predicted octanol–water partition coefficient (Wildman–Crippen LogP) is 2.84. The van der Waals surface area contributed by atoms with E-state index < -0.39 is 0 Å². The van der Waals surface area contributed by atoms with Crippen LogP contribution in [0, 0.1) is 0 Å². The average Bonchev–Trinajstić information content (AvgIpc) is 2.28. The quantitative estimate of drug-likeness (QED) is 0.780. The first-order valence-corrected chi connectivity index (χ1v) is 5.89. The summed E-state index contributed by atoms with van der Waals surface area (Å²) in [6.45, 7) is 3.32. The van der Waals surface area contributed by atoms with Gasteiger partial charge in [-0.15, -0.1) is 0 Å². The third-order valence-electron chi connectivity index (χ3n) is 2.81. The molecule has 17 heavy (non-hydrogen) atoms. The second-order valence-electron chi connectivity index (χ2n) is 4.23. The van der Waals surface area contributed by atoms with E-state index >= 15 is 0 Å². The summed E-state index contributed by atoms with van der Waals surface area (Å²) in [7, 11) is 0. The Hall–Kier alpha value is -1.48. The Labute approximate surface area is 105 Å². The molecule has 90 valence electrons. The molecule has 0 saturated carbocycles. The number of hydrogen-bond donors (Lipinski definition) is 1. The molecule has 1 aromatic carbocycles. The molecule has 0 unspecified atom stereocenters. The molecule has 1 aliphatic heterocycles. The highest BCUT2D eigenvalue weighted by atomic mass is 35.5. The number of halogens is 1. The minimum Gasteiger partial charge on any atom is -0.507 e. The van der Waals surface area contributed by atoms with Gasteiger partial charge in [-0.1, -0.05) is 23.3 Å². The lowest BCUT2D eigenvalue weighted by atomic mass is 10.1. The summed E-state index contributed by atoms with van der Waals surface area (Å²) < 4.78 is 0. The summed E-state index contributed by atoms with van der Waals surface area (Å²) in [6.07, 6.45) is 3.00. The molecule has 4 heteroatoms. The number of aromatic hydroxyl groups is 1. The average molecular weight is 252 g/mol. The monoisotopic (exact) mass is 251 g/mol. The topological polar surface area (TPSA) is 40.5 Å². The lowest BCUT2D eigenvalue weighted by molar-refractivity contribution is 0.0763. The molecule has 3 nitrogen and oxygen atoms in total. The van der Waals surface area contributed by atoms with Crippen LogP contribution in [0.3, 0.4) is 0 Å². The first-order valence-electron chi connectivity index (χ1n) is 5.51. The summed E-state index contributed by atoms with van der Waals surface area (Å²) in [5.41, 5.74) is 1.49. The number of rotatable bonds is 1. The largest absolute Gasteiger partial charge is 0.507 e. The molecule has 2 rings (SSSR count). The number of carbonyl (C=O) groups is 1. The molecule has 0 radical (unpaired) electrons. The highest BCUT2D eigenvalue weighted by Gasteiger charge is 2.20. The molecule has 0 atom stereocenters. The zero-order valence-electron chi connectivity index (χ0n) is 9.61. The molecule has 1 aromatic rings. The second kappa shape index (κ2) is 4.80. The van der Waals surface area contributed by atoms with Gasteiger partial charge in [-0.05, 0) is 31.5 Å². The van der Waals surface area contributed by atoms with Crippen molar-refractivity contribution in [2.75, 3.05) is 13.1 Å². The number of phenols is 1. The van der Waals surface area contributed by atoms with Gasteiger partial charge in [0.1, 0.15) is 5.75 Å². The van der Waals surface area contributed by atoms with Crippen molar-refractivity contribution in [3.05, 3.63) is 40.4 Å². The molecular weight excluding hydrogens is 238 g/mol. The Morgan fingerprint density at radius 1 is 1.47 bits per heavy atom. The maximum absolute atomic E-state index is 12.2. The summed E-state index contributed by atoms with van der Waals surface area (Å²) in [6, 6.07) is 4.57. The van der Waals surface area contributed by atoms with Crippen LogP contribution >= 0.6 is 11.6 Å². The lowest BCUT2D eigenvalue weighted by Crippen LogP contribution is -2.35. The molecule has 0 spiro atoms. The van der Waals surface area contributed by atoms with Gasteiger partial charge in [0.2, 0.25) is 0 Å². The summed E-state index contributed by atoms with van der Waals surface area (Å²) in [4.78, 5) is 13.9. The van der Waals surface area contributed by atoms with Gasteiger partial charge in [-0.2, -0.15) is 0 Å². The molecule has 1 heterocycles. The summed E-state index contributed by atoms with van der Waals surface area (Å²) >= 11 is 5.74. The Balaban J connectivity index is 2.22. The second-order valence-corrected chi connectivity index (χ2v) is 4.66. The van der Waals surface area contributed by atoms with Gasteiger partial charge in [-0.3, -0.25) is 4.79 Å². The van der Waals surface area contributed by atoms with Crippen LogP contribution in [0.5, 0.6) is 5.75 Å². The van der Waals surface area contributed by atoms with E-state index in [1.165, 1.54) is 11.6 Å². The Morgan fingerprint density at radius 3 is 2.88 bits per heavy atom. The third kappa shape index (κ3) is 2.61. The van der Waals surface area contributed by atoms with Crippen molar-refractivity contribution in [1.82, 2.24) is 4.90 Å². The van der Waals surface area contributed by atoms with Gasteiger partial charge < -0.3 is 10.0 Å². The fourth-order valence-corrected chi connectivity index (χ4v) is 2.11. The van der Waals surface area contributed by atoms with Crippen LogP contribution < -0.4 is 0 Å². The van der Waals surface area contributed by atoms with Gasteiger partial charge in [-0.25, -0.2) is 0 Å². The molecular formula is C13H14ClNO2. The zero-order chi connectivity index (χ0) is 12.4. The highest BCUT2D eigenvalue weighted by Crippen LogP contribution is 2.24. The van der Waals surface area contributed by atoms with Crippen molar-refractivity contribution in [3.8, 4) is 5.75 Å². The molecule has 1 amide bonds. The number of amides is 1. The molecule has 0 aromatic heterocycles. The number of benzene rings is 1. The van der Waals surface area contributed by atoms with E-state index in [4.69, 9.17) is 11.6 Å². The molecule has 1 aliphatic rings. The summed E-state index contributed by atoms with van der Waals surface area (Å²) in [5.74, 6) is -0.207. The fourth-order valence-electron chi connectivity index (χ4n) is 1.94. The minimum atomic E-state index is -0.147. The molecule has 0 bridgehead atoms. The smallest absolute Gasteiger partial charge is 0.257 e. The van der Waals surface area contributed by atoms with Crippen LogP contribution in [0.1, 0.15) is 23.7 Å². The Bertz CT molecular complexity index is 482. The SMILES string of the molecule is CC1=CCCN(C(=O)c2ccc(Cl)cc2O)C1. The molecule has 1 N–H and O–H groups in total. The van der Waals surface area contributed by atoms with Crippen LogP contribution in [-0.2, 0) is 0 Å². The number of hydrogen-bond acceptors (Lipinski definition) is 2. The van der Waals surface area contributed by atoms with Gasteiger partial charge in [0.15, 0.2) is 0 Å². The van der Waals surface area contributed by atoms with Gasteiger partial charge in [0.25, 0.3) is 5.91 Å². The third-order valence-corrected chi connectivity index (χ3v) is 3.04. The lowest BCUT2D eigenvalue weighted by Gasteiger charge is -2.26. The van der Waals surface area contributed by atoms with E-state index in [1.807, 2.05) is 6.92 Å². The van der Waals surface area contributed by atoms with Crippen LogP contribution in [0.15, 0.2) is 29.8 Å². The number of carbonyl (C=O) groups excluding carboxylic acids is 1. The highest BCUT2D eigenvalue weighted by molar-refractivity contribution is 6.30. The van der Waals surface area contributed by atoms with Crippen LogP contribution in [0.25, 0.3) is 0 Å². The van der Waals surface area contributed by atoms with E-state index in [9.17, 15) is 9.90 Å². The van der Waals surface area contributed by atoms with E-state index in [2.05, 4.69) is 6.08 Å². The number of nitrogens with zero attached hydrogens (tertiary/aromatic N) is 1. The fraction of sp³-hybridized carbons (Fsp3) is 0.308. The van der Waals surface area contributed by atoms with Gasteiger partial charge in [0, 0.05) is 18.1 Å². The van der Waals surface area contributed by atoms with Crippen molar-refractivity contribution < 1.29 is 9.90 Å². The van der Waals surface area contributed by atoms with Crippen molar-refractivity contribution in [2.45, 2.75) is 13.3 Å². The van der Waals surface area contributed by atoms with Gasteiger partial charge in [0.05, 0.1) is 5.56 Å². The van der Waals surface area contributed by atoms with Crippen molar-refractivity contribution in [2.24, 2.45) is 0 Å². The summed E-state index contributed by atoms with van der Waals surface area (Å²) in [5, 5.41) is 10.1. The van der Waals surface area contributed by atoms with Crippen LogP contribution in [0.2, 0.25) is 5.02 Å². The van der Waals surface area contributed by atoms with E-state index in [-0.39, 0.29) is 11.7 Å². The maximum atomic E-state index is 12.2. The minimum absolute atomic E-state index is 0.0605. The Kier molecular flexibility index (Phi) is 3.38. The van der Waals surface area contributed by atoms with E-state index in [0.717, 1.165) is 6.42 Å². The first kappa shape index (κ1) is 12.0. The van der Waals surface area contributed by atoms with Gasteiger partial charge >= 0.3 is 0 Å². The van der Waals surface area contributed by atoms with Crippen molar-refractivity contribution in [1.29, 1.82) is 0 Å². The van der Waals surface area contributed by atoms with Crippen molar-refractivity contribution in [3.63, 3.8) is 0 Å². The van der Waals surface area contributed by atoms with Crippen molar-refractivity contribution >= 4 is 17.5 Å². The van der Waals surface area contributed by atoms with E-state index in [1.54, 1.807) is 17.0 Å². The molecule has 0 saturated heterocycles. The molecule has 0 fully saturated rings. The van der Waals surface area contributed by atoms with E-state index in [0.29, 0.717) is 23.7 Å². The normalized spacial score (nSPS) is 15.6. The van der Waals surface area contributed by atoms with Crippen LogP contribution in [-0.4, -0.2) is 29.0 Å². The predicted molar refractivity (Wildman–Crippen MR) is 67.4 cm³/mol. The first-order chi connectivity index (χ1) is 8.08. The Morgan fingerprint density at radius 2 is 2.24 bits per heavy atom. The maximum Gasteiger partial charge on any atom is 0.257 e.